The van der Waals surface area contributed by atoms with E-state index in [1.807, 2.05) is 0 Å². The Kier molecular flexibility index (Phi) is 9.92. The summed E-state index contributed by atoms with van der Waals surface area (Å²) in [6.45, 7) is 6.61. The molecule has 0 unspecified atom stereocenters. The smallest absolute Gasteiger partial charge is 0.425 e. The molecule has 0 heterocycles. The van der Waals surface area contributed by atoms with E-state index in [0.717, 1.165) is 5.01 Å². The fraction of sp³-hybridized carbons (Fsp3) is 0.400. The highest BCUT2D eigenvalue weighted by Gasteiger charge is 2.37. The monoisotopic (exact) mass is 501 g/mol. The summed E-state index contributed by atoms with van der Waals surface area (Å²) in [6, 6.07) is 11.7. The molecule has 0 spiro atoms. The molecule has 2 N–H and O–H groups in total. The van der Waals surface area contributed by atoms with Crippen molar-refractivity contribution in [2.45, 2.75) is 58.2 Å². The van der Waals surface area contributed by atoms with E-state index >= 15 is 0 Å². The van der Waals surface area contributed by atoms with Crippen molar-refractivity contribution in [1.29, 1.82) is 0 Å². The SMILES string of the molecule is CCOC(=O)[C@H](Cc1ccccc1)N(N[C@@H](Cc1ccc([N+](=O)[O-])cc1)C(=O)O)C(=O)OC(C)(C)C. The van der Waals surface area contributed by atoms with Crippen LogP contribution >= 0.6 is 0 Å². The van der Waals surface area contributed by atoms with Crippen molar-refractivity contribution in [2.75, 3.05) is 6.61 Å². The Bertz CT molecular complexity index is 1050. The lowest BCUT2D eigenvalue weighted by molar-refractivity contribution is -0.384. The number of hydrogen-bond donors (Lipinski definition) is 2. The molecule has 0 aromatic heterocycles. The van der Waals surface area contributed by atoms with Gasteiger partial charge in [0, 0.05) is 25.0 Å². The number of esters is 1. The van der Waals surface area contributed by atoms with Crippen LogP contribution in [0.2, 0.25) is 0 Å². The topological polar surface area (TPSA) is 148 Å². The Morgan fingerprint density at radius 2 is 1.61 bits per heavy atom. The van der Waals surface area contributed by atoms with Crippen LogP contribution in [0.25, 0.3) is 0 Å². The van der Waals surface area contributed by atoms with E-state index in [1.165, 1.54) is 24.3 Å². The largest absolute Gasteiger partial charge is 0.480 e. The number of ether oxygens (including phenoxy) is 2. The molecule has 11 heteroatoms. The number of hydrazine groups is 1. The molecule has 0 aliphatic carbocycles. The van der Waals surface area contributed by atoms with Crippen molar-refractivity contribution in [1.82, 2.24) is 10.4 Å². The summed E-state index contributed by atoms with van der Waals surface area (Å²) in [6.07, 6.45) is -1.05. The van der Waals surface area contributed by atoms with E-state index < -0.39 is 40.6 Å². The Labute approximate surface area is 209 Å². The number of nitrogens with one attached hydrogen (secondary N) is 1. The molecule has 194 valence electrons. The highest BCUT2D eigenvalue weighted by atomic mass is 16.6. The molecule has 11 nitrogen and oxygen atoms in total. The van der Waals surface area contributed by atoms with E-state index in [4.69, 9.17) is 9.47 Å². The number of benzene rings is 2. The molecule has 0 fully saturated rings. The number of nitro groups is 1. The van der Waals surface area contributed by atoms with Crippen LogP contribution in [0.4, 0.5) is 10.5 Å². The van der Waals surface area contributed by atoms with Gasteiger partial charge in [-0.3, -0.25) is 14.9 Å². The Morgan fingerprint density at radius 1 is 1.03 bits per heavy atom. The van der Waals surface area contributed by atoms with Crippen LogP contribution in [-0.2, 0) is 31.9 Å². The number of nitro benzene ring substituents is 1. The van der Waals surface area contributed by atoms with Gasteiger partial charge in [0.1, 0.15) is 11.6 Å². The fourth-order valence-corrected chi connectivity index (χ4v) is 3.28. The summed E-state index contributed by atoms with van der Waals surface area (Å²) < 4.78 is 10.7. The second-order valence-corrected chi connectivity index (χ2v) is 8.96. The number of hydrogen-bond acceptors (Lipinski definition) is 8. The number of aliphatic carboxylic acids is 1. The molecule has 0 aliphatic heterocycles. The van der Waals surface area contributed by atoms with Crippen LogP contribution in [0.1, 0.15) is 38.8 Å². The molecule has 2 atom stereocenters. The van der Waals surface area contributed by atoms with E-state index in [2.05, 4.69) is 5.43 Å². The van der Waals surface area contributed by atoms with Gasteiger partial charge in [-0.1, -0.05) is 42.5 Å². The minimum Gasteiger partial charge on any atom is -0.480 e. The summed E-state index contributed by atoms with van der Waals surface area (Å²) in [4.78, 5) is 48.6. The molecule has 0 bridgehead atoms. The van der Waals surface area contributed by atoms with Crippen LogP contribution in [0.3, 0.4) is 0 Å². The summed E-state index contributed by atoms with van der Waals surface area (Å²) in [5, 5.41) is 21.7. The number of amides is 1. The molecule has 0 saturated carbocycles. The minimum atomic E-state index is -1.37. The van der Waals surface area contributed by atoms with Crippen molar-refractivity contribution in [3.8, 4) is 0 Å². The average molecular weight is 502 g/mol. The summed E-state index contributed by atoms with van der Waals surface area (Å²) >= 11 is 0. The zero-order valence-corrected chi connectivity index (χ0v) is 20.7. The lowest BCUT2D eigenvalue weighted by atomic mass is 10.0. The van der Waals surface area contributed by atoms with Gasteiger partial charge in [-0.2, -0.15) is 0 Å². The van der Waals surface area contributed by atoms with Gasteiger partial charge in [0.25, 0.3) is 5.69 Å². The highest BCUT2D eigenvalue weighted by Crippen LogP contribution is 2.18. The first-order chi connectivity index (χ1) is 16.9. The second-order valence-electron chi connectivity index (χ2n) is 8.96. The van der Waals surface area contributed by atoms with Gasteiger partial charge in [-0.25, -0.2) is 20.0 Å². The maximum atomic E-state index is 13.2. The number of carbonyl (C=O) groups excluding carboxylic acids is 2. The van der Waals surface area contributed by atoms with Crippen LogP contribution < -0.4 is 5.43 Å². The van der Waals surface area contributed by atoms with Gasteiger partial charge in [-0.15, -0.1) is 0 Å². The number of carboxylic acids is 1. The number of nitrogens with zero attached hydrogens (tertiary/aromatic N) is 2. The number of carboxylic acid groups (broad SMARTS) is 1. The van der Waals surface area contributed by atoms with Crippen molar-refractivity contribution in [2.24, 2.45) is 0 Å². The van der Waals surface area contributed by atoms with E-state index in [-0.39, 0.29) is 25.1 Å². The van der Waals surface area contributed by atoms with E-state index in [0.29, 0.717) is 11.1 Å². The van der Waals surface area contributed by atoms with Crippen molar-refractivity contribution in [3.63, 3.8) is 0 Å². The maximum absolute atomic E-state index is 13.2. The Morgan fingerprint density at radius 3 is 2.11 bits per heavy atom. The number of non-ortho nitro benzene ring substituents is 1. The Balaban J connectivity index is 2.42. The van der Waals surface area contributed by atoms with Crippen LogP contribution in [0, 0.1) is 10.1 Å². The molecule has 2 aromatic carbocycles. The van der Waals surface area contributed by atoms with Gasteiger partial charge >= 0.3 is 18.0 Å². The molecule has 36 heavy (non-hydrogen) atoms. The van der Waals surface area contributed by atoms with Crippen LogP contribution in [0.5, 0.6) is 0 Å². The van der Waals surface area contributed by atoms with Crippen molar-refractivity contribution in [3.05, 3.63) is 75.8 Å². The van der Waals surface area contributed by atoms with Gasteiger partial charge in [-0.05, 0) is 38.8 Å². The summed E-state index contributed by atoms with van der Waals surface area (Å²) in [7, 11) is 0. The lowest BCUT2D eigenvalue weighted by Crippen LogP contribution is -2.60. The third kappa shape index (κ3) is 8.66. The predicted molar refractivity (Wildman–Crippen MR) is 130 cm³/mol. The number of carbonyl (C=O) groups is 3. The first kappa shape index (κ1) is 28.2. The quantitative estimate of drug-likeness (QED) is 0.268. The average Bonchev–Trinajstić information content (AvgIpc) is 2.80. The third-order valence-electron chi connectivity index (χ3n) is 4.91. The Hall–Kier alpha value is -3.99. The molecular formula is C25H31N3O8. The first-order valence-corrected chi connectivity index (χ1v) is 11.4. The van der Waals surface area contributed by atoms with Crippen LogP contribution in [-0.4, -0.2) is 57.4 Å². The third-order valence-corrected chi connectivity index (χ3v) is 4.91. The summed E-state index contributed by atoms with van der Waals surface area (Å²) in [5.41, 5.74) is 2.76. The molecule has 0 aliphatic rings. The predicted octanol–water partition coefficient (Wildman–Crippen LogP) is 3.51. The molecule has 0 saturated heterocycles. The van der Waals surface area contributed by atoms with Gasteiger partial charge in [0.2, 0.25) is 0 Å². The van der Waals surface area contributed by atoms with Gasteiger partial charge in [0.05, 0.1) is 11.5 Å². The zero-order chi connectivity index (χ0) is 26.9. The molecular weight excluding hydrogens is 470 g/mol. The van der Waals surface area contributed by atoms with E-state index in [9.17, 15) is 29.6 Å². The zero-order valence-electron chi connectivity index (χ0n) is 20.7. The molecule has 0 radical (unpaired) electrons. The molecule has 1 amide bonds. The molecule has 2 rings (SSSR count). The lowest BCUT2D eigenvalue weighted by Gasteiger charge is -2.34. The van der Waals surface area contributed by atoms with Crippen LogP contribution in [0.15, 0.2) is 54.6 Å². The van der Waals surface area contributed by atoms with Gasteiger partial charge < -0.3 is 14.6 Å². The standard InChI is InChI=1S/C25H31N3O8/c1-5-35-23(31)21(16-17-9-7-6-8-10-17)27(24(32)36-25(2,3)4)26-20(22(29)30)15-18-11-13-19(14-12-18)28(33)34/h6-14,20-21,26H,5,15-16H2,1-4H3,(H,29,30)/t20-,21-/m0/s1. The highest BCUT2D eigenvalue weighted by molar-refractivity contribution is 5.82. The minimum absolute atomic E-state index is 0.0375. The number of rotatable bonds is 11. The van der Waals surface area contributed by atoms with Gasteiger partial charge in [0.15, 0.2) is 6.04 Å². The summed E-state index contributed by atoms with van der Waals surface area (Å²) in [5.74, 6) is -2.04. The second kappa shape index (κ2) is 12.6. The van der Waals surface area contributed by atoms with Crippen molar-refractivity contribution >= 4 is 23.7 Å². The maximum Gasteiger partial charge on any atom is 0.425 e. The fourth-order valence-electron chi connectivity index (χ4n) is 3.28. The normalized spacial score (nSPS) is 12.8. The molecule has 2 aromatic rings. The first-order valence-electron chi connectivity index (χ1n) is 11.4. The van der Waals surface area contributed by atoms with E-state index in [1.54, 1.807) is 58.0 Å². The van der Waals surface area contributed by atoms with Crippen molar-refractivity contribution < 1.29 is 33.9 Å².